The smallest absolute Gasteiger partial charge is 0.227 e. The molecule has 1 aromatic heterocycles. The van der Waals surface area contributed by atoms with E-state index in [0.29, 0.717) is 10.4 Å². The minimum Gasteiger partial charge on any atom is -0.336 e. The zero-order valence-electron chi connectivity index (χ0n) is 11.2. The molecule has 0 N–H and O–H groups in total. The van der Waals surface area contributed by atoms with Gasteiger partial charge in [-0.05, 0) is 46.9 Å². The third kappa shape index (κ3) is 2.73. The second kappa shape index (κ2) is 5.93. The molecule has 1 heterocycles. The van der Waals surface area contributed by atoms with Gasteiger partial charge < -0.3 is 4.18 Å². The van der Waals surface area contributed by atoms with Crippen molar-refractivity contribution < 1.29 is 8.57 Å². The van der Waals surface area contributed by atoms with Crippen LogP contribution in [-0.2, 0) is 4.18 Å². The van der Waals surface area contributed by atoms with Crippen LogP contribution in [0.5, 0.6) is 0 Å². The highest BCUT2D eigenvalue weighted by Crippen LogP contribution is 2.56. The second-order valence-electron chi connectivity index (χ2n) is 4.17. The minimum atomic E-state index is -1.56. The fourth-order valence-electron chi connectivity index (χ4n) is 2.21. The normalized spacial score (nSPS) is 12.9. The molecule has 0 aliphatic heterocycles. The summed E-state index contributed by atoms with van der Waals surface area (Å²) < 4.78 is 21.1. The van der Waals surface area contributed by atoms with Crippen molar-refractivity contribution in [1.82, 2.24) is 4.98 Å². The Balaban J connectivity index is 2.69. The van der Waals surface area contributed by atoms with Gasteiger partial charge in [-0.15, -0.1) is 10.3 Å². The second-order valence-corrected chi connectivity index (χ2v) is 8.97. The van der Waals surface area contributed by atoms with Gasteiger partial charge in [0.25, 0.3) is 0 Å². The molecule has 0 aliphatic carbocycles. The van der Waals surface area contributed by atoms with Crippen molar-refractivity contribution >= 4 is 43.8 Å². The maximum atomic E-state index is 14.3. The molecule has 2 aromatic rings. The lowest BCUT2D eigenvalue weighted by atomic mass is 10.2. The summed E-state index contributed by atoms with van der Waals surface area (Å²) in [7, 11) is 0.104. The van der Waals surface area contributed by atoms with E-state index in [2.05, 4.69) is 27.6 Å². The number of fused-ring (bicyclic) bond motifs is 1. The Hall–Kier alpha value is -0.400. The summed E-state index contributed by atoms with van der Waals surface area (Å²) in [4.78, 5) is 4.73. The van der Waals surface area contributed by atoms with Crippen LogP contribution in [0.3, 0.4) is 0 Å². The highest BCUT2D eigenvalue weighted by atomic mass is 127. The molecule has 0 spiro atoms. The van der Waals surface area contributed by atoms with Gasteiger partial charge in [0.15, 0.2) is 0 Å². The van der Waals surface area contributed by atoms with Crippen molar-refractivity contribution in [1.29, 1.82) is 0 Å². The van der Waals surface area contributed by atoms with E-state index in [4.69, 9.17) is 4.18 Å². The molecule has 0 fully saturated rings. The number of hydrogen-bond donors (Lipinski definition) is 0. The molecule has 0 unspecified atom stereocenters. The summed E-state index contributed by atoms with van der Waals surface area (Å²) in [6, 6.07) is 7.72. The van der Waals surface area contributed by atoms with E-state index in [0.717, 1.165) is 20.5 Å². The van der Waals surface area contributed by atoms with Gasteiger partial charge in [0.1, 0.15) is 0 Å². The summed E-state index contributed by atoms with van der Waals surface area (Å²) in [5.74, 6) is 1.21. The van der Waals surface area contributed by atoms with Crippen LogP contribution in [0.1, 0.15) is 13.8 Å². The SMILES string of the molecule is CCS(CC)(OC)c1cc2cc(I)ccc2nc1F. The third-order valence-corrected chi connectivity index (χ3v) is 7.61. The summed E-state index contributed by atoms with van der Waals surface area (Å²) in [6.45, 7) is 4.08. The molecular weight excluding hydrogens is 376 g/mol. The molecule has 0 saturated heterocycles. The van der Waals surface area contributed by atoms with E-state index >= 15 is 0 Å². The predicted octanol–water partition coefficient (Wildman–Crippen LogP) is 4.74. The van der Waals surface area contributed by atoms with Gasteiger partial charge in [-0.2, -0.15) is 4.39 Å². The van der Waals surface area contributed by atoms with Gasteiger partial charge in [-0.25, -0.2) is 4.98 Å². The summed E-state index contributed by atoms with van der Waals surface area (Å²) in [6.07, 6.45) is 0. The van der Waals surface area contributed by atoms with Crippen molar-refractivity contribution in [3.8, 4) is 0 Å². The highest BCUT2D eigenvalue weighted by molar-refractivity contribution is 14.1. The van der Waals surface area contributed by atoms with Crippen molar-refractivity contribution in [2.45, 2.75) is 18.7 Å². The lowest BCUT2D eigenvalue weighted by Crippen LogP contribution is -2.11. The number of rotatable bonds is 4. The van der Waals surface area contributed by atoms with Crippen molar-refractivity contribution in [3.05, 3.63) is 33.8 Å². The van der Waals surface area contributed by atoms with E-state index in [1.165, 1.54) is 0 Å². The fourth-order valence-corrected chi connectivity index (χ4v) is 5.10. The Bertz CT molecular complexity index is 593. The van der Waals surface area contributed by atoms with Crippen molar-refractivity contribution in [2.75, 3.05) is 18.6 Å². The first kappa shape index (κ1) is 15.0. The molecule has 2 nitrogen and oxygen atoms in total. The van der Waals surface area contributed by atoms with Gasteiger partial charge in [-0.1, -0.05) is 13.8 Å². The standard InChI is InChI=1S/C14H17FINOS/c1-4-19(5-2,18-3)13-9-10-8-11(16)6-7-12(10)17-14(13)15/h6-9H,4-5H2,1-3H3. The Kier molecular flexibility index (Phi) is 4.68. The van der Waals surface area contributed by atoms with Crippen LogP contribution in [0.15, 0.2) is 29.2 Å². The first-order chi connectivity index (χ1) is 9.06. The molecular formula is C14H17FINOS. The van der Waals surface area contributed by atoms with Crippen molar-refractivity contribution in [2.24, 2.45) is 0 Å². The number of nitrogens with zero attached hydrogens (tertiary/aromatic N) is 1. The van der Waals surface area contributed by atoms with E-state index in [1.807, 2.05) is 38.1 Å². The zero-order chi connectivity index (χ0) is 14.0. The van der Waals surface area contributed by atoms with Crippen LogP contribution in [-0.4, -0.2) is 23.6 Å². The lowest BCUT2D eigenvalue weighted by molar-refractivity contribution is 0.457. The van der Waals surface area contributed by atoms with E-state index in [1.54, 1.807) is 7.11 Å². The van der Waals surface area contributed by atoms with Crippen LogP contribution in [0.2, 0.25) is 0 Å². The van der Waals surface area contributed by atoms with Crippen LogP contribution < -0.4 is 0 Å². The van der Waals surface area contributed by atoms with Gasteiger partial charge in [0, 0.05) is 27.6 Å². The Labute approximate surface area is 128 Å². The first-order valence-electron chi connectivity index (χ1n) is 6.16. The zero-order valence-corrected chi connectivity index (χ0v) is 14.2. The van der Waals surface area contributed by atoms with E-state index in [9.17, 15) is 4.39 Å². The maximum absolute atomic E-state index is 14.3. The first-order valence-corrected chi connectivity index (χ1v) is 9.14. The summed E-state index contributed by atoms with van der Waals surface area (Å²) >= 11 is 2.25. The predicted molar refractivity (Wildman–Crippen MR) is 88.4 cm³/mol. The van der Waals surface area contributed by atoms with Crippen LogP contribution in [0.4, 0.5) is 4.39 Å². The number of pyridine rings is 1. The number of aromatic nitrogens is 1. The van der Waals surface area contributed by atoms with Crippen LogP contribution in [0, 0.1) is 9.52 Å². The number of benzene rings is 1. The molecule has 104 valence electrons. The minimum absolute atomic E-state index is 0.394. The maximum Gasteiger partial charge on any atom is 0.227 e. The van der Waals surface area contributed by atoms with Crippen LogP contribution >= 0.6 is 32.9 Å². The Morgan fingerprint density at radius 2 is 1.95 bits per heavy atom. The van der Waals surface area contributed by atoms with Crippen LogP contribution in [0.25, 0.3) is 10.9 Å². The molecule has 5 heteroatoms. The number of hydrogen-bond acceptors (Lipinski definition) is 2. The number of halogens is 2. The molecule has 0 radical (unpaired) electrons. The molecule has 0 saturated carbocycles. The van der Waals surface area contributed by atoms with Gasteiger partial charge >= 0.3 is 0 Å². The van der Waals surface area contributed by atoms with Gasteiger partial charge in [0.05, 0.1) is 10.4 Å². The average molecular weight is 393 g/mol. The van der Waals surface area contributed by atoms with Gasteiger partial charge in [0.2, 0.25) is 5.95 Å². The molecule has 1 aromatic carbocycles. The van der Waals surface area contributed by atoms with E-state index in [-0.39, 0.29) is 0 Å². The summed E-state index contributed by atoms with van der Waals surface area (Å²) in [5.41, 5.74) is 0.693. The Morgan fingerprint density at radius 1 is 1.26 bits per heavy atom. The molecule has 0 atom stereocenters. The fraction of sp³-hybridized carbons (Fsp3) is 0.357. The molecule has 0 aliphatic rings. The molecule has 0 bridgehead atoms. The van der Waals surface area contributed by atoms with Crippen molar-refractivity contribution in [3.63, 3.8) is 0 Å². The van der Waals surface area contributed by atoms with E-state index < -0.39 is 16.3 Å². The monoisotopic (exact) mass is 393 g/mol. The molecule has 2 rings (SSSR count). The quantitative estimate of drug-likeness (QED) is 0.553. The lowest BCUT2D eigenvalue weighted by Gasteiger charge is -2.36. The molecule has 0 amide bonds. The topological polar surface area (TPSA) is 22.1 Å². The molecule has 19 heavy (non-hydrogen) atoms. The largest absolute Gasteiger partial charge is 0.336 e. The Morgan fingerprint density at radius 3 is 2.53 bits per heavy atom. The highest BCUT2D eigenvalue weighted by Gasteiger charge is 2.26. The van der Waals surface area contributed by atoms with Gasteiger partial charge in [-0.3, -0.25) is 0 Å². The average Bonchev–Trinajstić information content (AvgIpc) is 2.42. The summed E-state index contributed by atoms with van der Waals surface area (Å²) in [5, 5.41) is 0.971. The third-order valence-electron chi connectivity index (χ3n) is 3.35.